The Morgan fingerprint density at radius 1 is 1.28 bits per heavy atom. The second-order valence-electron chi connectivity index (χ2n) is 6.05. The number of rotatable bonds is 6. The number of carbonyl (C=O) groups excluding carboxylic acids is 1. The van der Waals surface area contributed by atoms with Crippen molar-refractivity contribution in [1.82, 2.24) is 15.3 Å². The van der Waals surface area contributed by atoms with Crippen molar-refractivity contribution in [3.05, 3.63) is 63.7 Å². The van der Waals surface area contributed by atoms with Crippen LogP contribution in [0.15, 0.2) is 42.6 Å². The molecule has 1 amide bonds. The van der Waals surface area contributed by atoms with Gasteiger partial charge in [0.25, 0.3) is 5.91 Å². The number of aryl methyl sites for hydroxylation is 2. The average molecular weight is 353 g/mol. The highest BCUT2D eigenvalue weighted by atomic mass is 32.1. The molecule has 0 saturated carbocycles. The lowest BCUT2D eigenvalue weighted by Crippen LogP contribution is -2.28. The minimum Gasteiger partial charge on any atom is -0.341 e. The van der Waals surface area contributed by atoms with E-state index < -0.39 is 0 Å². The number of imidazole rings is 1. The largest absolute Gasteiger partial charge is 0.341 e. The van der Waals surface area contributed by atoms with E-state index in [1.807, 2.05) is 49.5 Å². The number of hydrogen-bond donors (Lipinski definition) is 2. The Labute approximate surface area is 152 Å². The zero-order valence-corrected chi connectivity index (χ0v) is 15.6. The summed E-state index contributed by atoms with van der Waals surface area (Å²) in [7, 11) is 0. The van der Waals surface area contributed by atoms with E-state index in [9.17, 15) is 4.79 Å². The predicted molar refractivity (Wildman–Crippen MR) is 103 cm³/mol. The van der Waals surface area contributed by atoms with Crippen LogP contribution in [0.4, 0.5) is 0 Å². The summed E-state index contributed by atoms with van der Waals surface area (Å²) in [6.45, 7) is 6.22. The topological polar surface area (TPSA) is 57.8 Å². The minimum absolute atomic E-state index is 0.0303. The number of H-pyrrole nitrogens is 1. The monoisotopic (exact) mass is 353 g/mol. The zero-order chi connectivity index (χ0) is 17.8. The number of benzene rings is 1. The van der Waals surface area contributed by atoms with Gasteiger partial charge in [-0.15, -0.1) is 11.3 Å². The number of aromatic nitrogens is 2. The molecule has 1 atom stereocenters. The molecule has 25 heavy (non-hydrogen) atoms. The van der Waals surface area contributed by atoms with Gasteiger partial charge >= 0.3 is 0 Å². The van der Waals surface area contributed by atoms with E-state index in [0.717, 1.165) is 34.8 Å². The second kappa shape index (κ2) is 7.66. The summed E-state index contributed by atoms with van der Waals surface area (Å²) in [6.07, 6.45) is 3.56. The molecule has 0 fully saturated rings. The molecule has 0 saturated heterocycles. The molecule has 0 bridgehead atoms. The van der Waals surface area contributed by atoms with E-state index in [0.29, 0.717) is 0 Å². The molecule has 4 nitrogen and oxygen atoms in total. The van der Waals surface area contributed by atoms with Crippen LogP contribution in [-0.2, 0) is 6.42 Å². The third-order valence-electron chi connectivity index (χ3n) is 4.29. The van der Waals surface area contributed by atoms with E-state index in [1.54, 1.807) is 11.3 Å². The van der Waals surface area contributed by atoms with Crippen molar-refractivity contribution in [3.63, 3.8) is 0 Å². The Hall–Kier alpha value is -2.40. The van der Waals surface area contributed by atoms with Crippen LogP contribution in [0, 0.1) is 6.92 Å². The maximum absolute atomic E-state index is 12.6. The first kappa shape index (κ1) is 17.4. The van der Waals surface area contributed by atoms with Gasteiger partial charge in [0.2, 0.25) is 0 Å². The molecule has 130 valence electrons. The van der Waals surface area contributed by atoms with Crippen LogP contribution in [0.1, 0.15) is 52.2 Å². The molecular formula is C20H23N3OS. The lowest BCUT2D eigenvalue weighted by molar-refractivity contribution is 0.0938. The first-order valence-corrected chi connectivity index (χ1v) is 9.44. The minimum atomic E-state index is -0.127. The Balaban J connectivity index is 1.76. The van der Waals surface area contributed by atoms with Gasteiger partial charge in [0.1, 0.15) is 5.82 Å². The van der Waals surface area contributed by atoms with E-state index >= 15 is 0 Å². The lowest BCUT2D eigenvalue weighted by atomic mass is 10.2. The Bertz CT molecular complexity index is 851. The number of nitrogens with zero attached hydrogens (tertiary/aromatic N) is 1. The van der Waals surface area contributed by atoms with Gasteiger partial charge in [-0.3, -0.25) is 4.79 Å². The second-order valence-corrected chi connectivity index (χ2v) is 7.19. The number of thiophene rings is 1. The number of amides is 1. The van der Waals surface area contributed by atoms with Gasteiger partial charge in [0, 0.05) is 4.88 Å². The molecule has 3 aromatic rings. The number of carbonyl (C=O) groups is 1. The summed E-state index contributed by atoms with van der Waals surface area (Å²) in [5, 5.41) is 3.11. The summed E-state index contributed by atoms with van der Waals surface area (Å²) in [4.78, 5) is 22.5. The van der Waals surface area contributed by atoms with Crippen LogP contribution in [0.2, 0.25) is 0 Å². The van der Waals surface area contributed by atoms with Crippen molar-refractivity contribution >= 4 is 17.2 Å². The fraction of sp³-hybridized carbons (Fsp3) is 0.300. The van der Waals surface area contributed by atoms with Gasteiger partial charge in [-0.25, -0.2) is 4.98 Å². The van der Waals surface area contributed by atoms with Gasteiger partial charge in [-0.2, -0.15) is 0 Å². The standard InChI is InChI=1S/C20H23N3OS/c1-4-15(23-20(24)18-11-13(3)17(5-2)25-18)19-21-12-16(22-19)14-9-7-6-8-10-14/h6-12,15H,4-5H2,1-3H3,(H,21,22)(H,23,24). The molecule has 2 N–H and O–H groups in total. The fourth-order valence-corrected chi connectivity index (χ4v) is 3.87. The fourth-order valence-electron chi connectivity index (χ4n) is 2.85. The SMILES string of the molecule is CCc1sc(C(=O)NC(CC)c2ncc(-c3ccccc3)[nH]2)cc1C. The highest BCUT2D eigenvalue weighted by molar-refractivity contribution is 7.14. The first-order chi connectivity index (χ1) is 12.1. The summed E-state index contributed by atoms with van der Waals surface area (Å²) in [5.74, 6) is 0.760. The maximum Gasteiger partial charge on any atom is 0.261 e. The first-order valence-electron chi connectivity index (χ1n) is 8.62. The normalized spacial score (nSPS) is 12.1. The Morgan fingerprint density at radius 2 is 2.04 bits per heavy atom. The van der Waals surface area contributed by atoms with Crippen molar-refractivity contribution in [2.24, 2.45) is 0 Å². The summed E-state index contributed by atoms with van der Waals surface area (Å²) >= 11 is 1.57. The molecule has 0 radical (unpaired) electrons. The average Bonchev–Trinajstić information content (AvgIpc) is 3.27. The highest BCUT2D eigenvalue weighted by Gasteiger charge is 2.19. The molecule has 0 aliphatic heterocycles. The van der Waals surface area contributed by atoms with Gasteiger partial charge in [-0.1, -0.05) is 44.2 Å². The van der Waals surface area contributed by atoms with Gasteiger partial charge in [0.15, 0.2) is 0 Å². The third kappa shape index (κ3) is 3.82. The van der Waals surface area contributed by atoms with E-state index in [4.69, 9.17) is 0 Å². The molecule has 2 aromatic heterocycles. The van der Waals surface area contributed by atoms with Crippen molar-refractivity contribution in [2.45, 2.75) is 39.7 Å². The molecule has 1 aromatic carbocycles. The van der Waals surface area contributed by atoms with Crippen LogP contribution >= 0.6 is 11.3 Å². The summed E-state index contributed by atoms with van der Waals surface area (Å²) in [6, 6.07) is 11.9. The third-order valence-corrected chi connectivity index (χ3v) is 5.67. The molecule has 0 spiro atoms. The molecule has 0 aliphatic carbocycles. The van der Waals surface area contributed by atoms with Crippen LogP contribution in [0.3, 0.4) is 0 Å². The predicted octanol–water partition coefficient (Wildman–Crippen LogP) is 4.89. The molecule has 1 unspecified atom stereocenters. The molecule has 2 heterocycles. The van der Waals surface area contributed by atoms with Gasteiger partial charge in [0.05, 0.1) is 22.8 Å². The summed E-state index contributed by atoms with van der Waals surface area (Å²) < 4.78 is 0. The molecule has 0 aliphatic rings. The van der Waals surface area contributed by atoms with Crippen molar-refractivity contribution in [1.29, 1.82) is 0 Å². The van der Waals surface area contributed by atoms with Crippen LogP contribution in [-0.4, -0.2) is 15.9 Å². The van der Waals surface area contributed by atoms with Gasteiger partial charge in [-0.05, 0) is 37.0 Å². The van der Waals surface area contributed by atoms with Crippen LogP contribution in [0.25, 0.3) is 11.3 Å². The van der Waals surface area contributed by atoms with Crippen molar-refractivity contribution in [3.8, 4) is 11.3 Å². The zero-order valence-electron chi connectivity index (χ0n) is 14.8. The van der Waals surface area contributed by atoms with Crippen LogP contribution in [0.5, 0.6) is 0 Å². The van der Waals surface area contributed by atoms with E-state index in [1.165, 1.54) is 10.4 Å². The highest BCUT2D eigenvalue weighted by Crippen LogP contribution is 2.24. The number of hydrogen-bond acceptors (Lipinski definition) is 3. The smallest absolute Gasteiger partial charge is 0.261 e. The lowest BCUT2D eigenvalue weighted by Gasteiger charge is -2.14. The van der Waals surface area contributed by atoms with E-state index in [-0.39, 0.29) is 11.9 Å². The maximum atomic E-state index is 12.6. The molecular weight excluding hydrogens is 330 g/mol. The molecule has 3 rings (SSSR count). The van der Waals surface area contributed by atoms with E-state index in [2.05, 4.69) is 29.1 Å². The summed E-state index contributed by atoms with van der Waals surface area (Å²) in [5.41, 5.74) is 3.24. The Kier molecular flexibility index (Phi) is 5.34. The van der Waals surface area contributed by atoms with Crippen molar-refractivity contribution < 1.29 is 4.79 Å². The van der Waals surface area contributed by atoms with Crippen LogP contribution < -0.4 is 5.32 Å². The Morgan fingerprint density at radius 3 is 2.68 bits per heavy atom. The van der Waals surface area contributed by atoms with Crippen molar-refractivity contribution in [2.75, 3.05) is 0 Å². The quantitative estimate of drug-likeness (QED) is 0.663. The van der Waals surface area contributed by atoms with Gasteiger partial charge < -0.3 is 10.3 Å². The number of aromatic amines is 1. The molecule has 5 heteroatoms. The number of nitrogens with one attached hydrogen (secondary N) is 2.